The van der Waals surface area contributed by atoms with Gasteiger partial charge in [0.2, 0.25) is 35.5 Å². The first-order valence-corrected chi connectivity index (χ1v) is 34.6. The van der Waals surface area contributed by atoms with Crippen LogP contribution in [0.5, 0.6) is 5.88 Å². The summed E-state index contributed by atoms with van der Waals surface area (Å²) in [5.74, 6) is -2.94. The van der Waals surface area contributed by atoms with E-state index in [4.69, 9.17) is 32.3 Å². The highest BCUT2D eigenvalue weighted by atomic mass is 31.1. The van der Waals surface area contributed by atoms with E-state index in [0.717, 1.165) is 23.2 Å². The van der Waals surface area contributed by atoms with Gasteiger partial charge in [-0.05, 0) is 90.6 Å². The molecule has 2 bridgehead atoms. The third-order valence-corrected chi connectivity index (χ3v) is 19.2. The van der Waals surface area contributed by atoms with Crippen LogP contribution in [0.1, 0.15) is 110 Å². The first-order valence-electron chi connectivity index (χ1n) is 32.4. The van der Waals surface area contributed by atoms with Gasteiger partial charge >= 0.3 is 22.6 Å². The van der Waals surface area contributed by atoms with Crippen LogP contribution in [0.2, 0.25) is 0 Å². The van der Waals surface area contributed by atoms with Crippen LogP contribution in [0.3, 0.4) is 0 Å². The number of ether oxygens (including phenoxy) is 3. The lowest BCUT2D eigenvalue weighted by Gasteiger charge is -2.31. The van der Waals surface area contributed by atoms with Crippen molar-refractivity contribution in [1.29, 1.82) is 0 Å². The number of carbonyl (C=O) groups is 6. The van der Waals surface area contributed by atoms with Gasteiger partial charge in [-0.2, -0.15) is 4.98 Å². The number of para-hydroxylation sites is 1. The molecular formula is C68H76N12O17P2+2. The van der Waals surface area contributed by atoms with Crippen molar-refractivity contribution in [2.45, 2.75) is 140 Å². The van der Waals surface area contributed by atoms with Crippen LogP contribution in [0, 0.1) is 11.8 Å². The number of carbonyl (C=O) groups excluding carboxylic acids is 6. The van der Waals surface area contributed by atoms with Gasteiger partial charge in [0, 0.05) is 83.0 Å². The van der Waals surface area contributed by atoms with E-state index >= 15 is 0 Å². The Bertz CT molecular complexity index is 4200. The van der Waals surface area contributed by atoms with Crippen LogP contribution in [0.4, 0.5) is 22.1 Å². The van der Waals surface area contributed by atoms with Crippen LogP contribution in [-0.4, -0.2) is 138 Å². The molecule has 99 heavy (non-hydrogen) atoms. The van der Waals surface area contributed by atoms with Gasteiger partial charge in [0.1, 0.15) is 62.6 Å². The van der Waals surface area contributed by atoms with Crippen molar-refractivity contribution in [3.05, 3.63) is 178 Å². The summed E-state index contributed by atoms with van der Waals surface area (Å²) >= 11 is 0. The van der Waals surface area contributed by atoms with Crippen molar-refractivity contribution < 1.29 is 75.3 Å². The number of aliphatic hydroxyl groups is 1. The summed E-state index contributed by atoms with van der Waals surface area (Å²) in [6.45, 7) is 8.70. The molecule has 11 rings (SSSR count). The summed E-state index contributed by atoms with van der Waals surface area (Å²) in [5.41, 5.74) is 4.48. The third-order valence-electron chi connectivity index (χ3n) is 17.6. The number of rotatable bonds is 21. The van der Waals surface area contributed by atoms with Crippen molar-refractivity contribution in [3.8, 4) is 5.88 Å². The third kappa shape index (κ3) is 17.5. The Morgan fingerprint density at radius 1 is 0.838 bits per heavy atom. The van der Waals surface area contributed by atoms with Crippen LogP contribution >= 0.6 is 16.5 Å². The highest BCUT2D eigenvalue weighted by molar-refractivity contribution is 7.33. The lowest BCUT2D eigenvalue weighted by Crippen LogP contribution is -2.53. The molecule has 3 unspecified atom stereocenters. The van der Waals surface area contributed by atoms with Gasteiger partial charge in [0.25, 0.3) is 11.5 Å². The molecule has 6 N–H and O–H groups in total. The van der Waals surface area contributed by atoms with Crippen LogP contribution in [-0.2, 0) is 82.0 Å². The van der Waals surface area contributed by atoms with E-state index in [1.165, 1.54) is 53.9 Å². The zero-order chi connectivity index (χ0) is 69.9. The molecule has 2 saturated heterocycles. The van der Waals surface area contributed by atoms with Gasteiger partial charge < -0.3 is 45.1 Å². The molecule has 3 fully saturated rings. The number of fused-ring (bicyclic) bond motifs is 6. The number of allylic oxidation sites excluding steroid dienone is 1. The summed E-state index contributed by atoms with van der Waals surface area (Å²) in [7, 11) is -4.25. The number of aromatic nitrogens is 6. The average molecular weight is 1400 g/mol. The molecule has 3 aliphatic heterocycles. The van der Waals surface area contributed by atoms with Crippen molar-refractivity contribution in [2.24, 2.45) is 11.8 Å². The normalized spacial score (nSPS) is 22.1. The number of hydrogen-bond donors (Lipinski definition) is 6. The van der Waals surface area contributed by atoms with Gasteiger partial charge in [-0.25, -0.2) is 19.7 Å². The maximum Gasteiger partial charge on any atom is 0.697 e. The predicted molar refractivity (Wildman–Crippen MR) is 359 cm³/mol. The number of H-pyrrole nitrogens is 1. The second-order valence-corrected chi connectivity index (χ2v) is 26.7. The van der Waals surface area contributed by atoms with E-state index in [-0.39, 0.29) is 85.3 Å². The van der Waals surface area contributed by atoms with Gasteiger partial charge in [0.05, 0.1) is 12.9 Å². The van der Waals surface area contributed by atoms with Gasteiger partial charge in [0.15, 0.2) is 23.5 Å². The highest BCUT2D eigenvalue weighted by Gasteiger charge is 2.54. The Balaban J connectivity index is 0.632. The molecule has 0 radical (unpaired) electrons. The van der Waals surface area contributed by atoms with Gasteiger partial charge in [-0.3, -0.25) is 43.6 Å². The first kappa shape index (κ1) is 70.7. The SMILES string of the molecule is C=CC1Cc2ccccc2CN(C(=O)CCCCC(=O)N[C@H](C(=O)N[C@@H](C)C(=O)Nc2ccc(COC(=O)N(C)Cc3ccccc3C(=O)Nc3nc4c(ncn4[C@@H]4O[C@@H]5CO[P+](=O)O[C@H]6C[C@H](Oc7ccncn7)C[C@@H]6CO[P+](=O)O[C@@H]4[C@@H]5O)c(=O)[nH]3)cc2)C(C)C)c2ccccc21. The van der Waals surface area contributed by atoms with E-state index in [2.05, 4.69) is 58.8 Å². The molecule has 1 saturated carbocycles. The zero-order valence-electron chi connectivity index (χ0n) is 54.7. The van der Waals surface area contributed by atoms with Gasteiger partial charge in [-0.1, -0.05) is 92.7 Å². The minimum Gasteiger partial charge on any atom is -0.474 e. The second-order valence-electron chi connectivity index (χ2n) is 24.9. The number of imidazole rings is 1. The summed E-state index contributed by atoms with van der Waals surface area (Å²) in [5, 5.41) is 22.4. The Morgan fingerprint density at radius 2 is 1.58 bits per heavy atom. The molecule has 6 heterocycles. The largest absolute Gasteiger partial charge is 0.697 e. The molecule has 6 amide bonds. The molecule has 12 atom stereocenters. The zero-order valence-corrected chi connectivity index (χ0v) is 56.5. The molecule has 518 valence electrons. The van der Waals surface area contributed by atoms with E-state index in [1.807, 2.05) is 53.4 Å². The molecule has 4 aliphatic rings. The van der Waals surface area contributed by atoms with E-state index in [9.17, 15) is 47.8 Å². The van der Waals surface area contributed by atoms with Crippen LogP contribution < -0.4 is 36.5 Å². The fourth-order valence-electron chi connectivity index (χ4n) is 12.3. The minimum absolute atomic E-state index is 0.0311. The molecule has 0 spiro atoms. The van der Waals surface area contributed by atoms with Crippen LogP contribution in [0.15, 0.2) is 139 Å². The summed E-state index contributed by atoms with van der Waals surface area (Å²) in [4.78, 5) is 117. The fraction of sp³-hybridized carbons (Fsp3) is 0.397. The number of nitrogens with zero attached hydrogens (tertiary/aromatic N) is 7. The smallest absolute Gasteiger partial charge is 0.474 e. The lowest BCUT2D eigenvalue weighted by molar-refractivity contribution is -0.131. The standard InChI is InChI=1S/C68H74N12O17P2/c1-6-42-29-43-15-7-8-16-44(43)33-79(51-20-12-11-18-49(42)51)56(82)22-14-13-21-54(81)74-57(39(2)3)64(86)72-40(4)62(84)73-47-25-23-41(24-26-47)34-91-68(88)78(5)32-45-17-9-10-19-50(45)63(85)76-67-75-61-58(65(87)77-67)71-38-80(61)66-60-59(83)53(95-66)36-93-98(89)96-52-31-48(94-55-27-28-69-37-70-55)30-46(52)35-92-99(90)97-60/h6-12,15-20,23-28,37-40,42,46,48,52-53,57,59-60,66,83H,1,13-14,21-22,29-36H2,2-5H3,(H3-2,72,73,74,75,76,77,81,84,85,86,87)/p+2/t40-,42?,46+,48+,52-,53+,57-,59+,60+,66+/m0/s1. The minimum atomic E-state index is -2.95. The number of aliphatic hydroxyl groups excluding tert-OH is 1. The molecule has 3 aromatic heterocycles. The van der Waals surface area contributed by atoms with Crippen LogP contribution in [0.25, 0.3) is 11.2 Å². The Labute approximate surface area is 570 Å². The topological polar surface area (TPSA) is 365 Å². The van der Waals surface area contributed by atoms with Crippen molar-refractivity contribution in [3.63, 3.8) is 0 Å². The fourth-order valence-corrected chi connectivity index (χ4v) is 13.9. The summed E-state index contributed by atoms with van der Waals surface area (Å²) < 4.78 is 68.4. The number of nitrogens with one attached hydrogen (secondary N) is 5. The predicted octanol–water partition coefficient (Wildman–Crippen LogP) is 8.38. The van der Waals surface area contributed by atoms with Crippen molar-refractivity contribution >= 4 is 80.6 Å². The first-order chi connectivity index (χ1) is 47.8. The van der Waals surface area contributed by atoms with E-state index in [1.54, 1.807) is 62.4 Å². The lowest BCUT2D eigenvalue weighted by atomic mass is 9.86. The maximum atomic E-state index is 14.0. The van der Waals surface area contributed by atoms with Crippen molar-refractivity contribution in [2.75, 3.05) is 35.8 Å². The number of unbranched alkanes of at least 4 members (excludes halogenated alkanes) is 1. The monoisotopic (exact) mass is 1390 g/mol. The maximum absolute atomic E-state index is 14.0. The Kier molecular flexibility index (Phi) is 23.2. The number of anilines is 3. The number of hydrogen-bond acceptors (Lipinski definition) is 21. The summed E-state index contributed by atoms with van der Waals surface area (Å²) in [6, 6.07) is 28.6. The molecular weight excluding hydrogens is 1320 g/mol. The molecule has 7 aromatic rings. The Morgan fingerprint density at radius 3 is 2.35 bits per heavy atom. The molecule has 29 nitrogen and oxygen atoms in total. The number of aromatic amines is 1. The molecule has 4 aromatic carbocycles. The highest BCUT2D eigenvalue weighted by Crippen LogP contribution is 2.45. The number of amides is 6. The van der Waals surface area contributed by atoms with E-state index < -0.39 is 107 Å². The summed E-state index contributed by atoms with van der Waals surface area (Å²) in [6.07, 6.45) is 1.11. The molecule has 1 aliphatic carbocycles. The van der Waals surface area contributed by atoms with Crippen molar-refractivity contribution in [1.82, 2.24) is 45.0 Å². The average Bonchev–Trinajstić information content (AvgIpc) is 1.58. The molecule has 31 heteroatoms. The quantitative estimate of drug-likeness (QED) is 0.0223. The second kappa shape index (κ2) is 32.4. The number of benzene rings is 4. The Hall–Kier alpha value is -9.57. The van der Waals surface area contributed by atoms with Gasteiger partial charge in [-0.15, -0.1) is 24.7 Å². The van der Waals surface area contributed by atoms with E-state index in [0.29, 0.717) is 48.5 Å².